The molecule has 0 radical (unpaired) electrons. The highest BCUT2D eigenvalue weighted by atomic mass is 32.2. The average Bonchev–Trinajstić information content (AvgIpc) is 2.74. The Morgan fingerprint density at radius 3 is 2.44 bits per heavy atom. The van der Waals surface area contributed by atoms with E-state index >= 15 is 0 Å². The van der Waals surface area contributed by atoms with Crippen molar-refractivity contribution in [2.75, 3.05) is 59.7 Å². The van der Waals surface area contributed by atoms with Crippen molar-refractivity contribution in [3.63, 3.8) is 0 Å². The fourth-order valence-corrected chi connectivity index (χ4v) is 6.37. The number of hydrogen-bond donors (Lipinski definition) is 1. The van der Waals surface area contributed by atoms with Gasteiger partial charge < -0.3 is 24.4 Å². The Labute approximate surface area is 191 Å². The number of benzene rings is 1. The minimum Gasteiger partial charge on any atom is -0.497 e. The highest BCUT2D eigenvalue weighted by molar-refractivity contribution is 7.89. The van der Waals surface area contributed by atoms with Crippen molar-refractivity contribution in [1.82, 2.24) is 14.5 Å². The summed E-state index contributed by atoms with van der Waals surface area (Å²) in [5, 5.41) is 3.21. The number of ether oxygens (including phenoxy) is 3. The van der Waals surface area contributed by atoms with Gasteiger partial charge in [0.2, 0.25) is 15.9 Å². The summed E-state index contributed by atoms with van der Waals surface area (Å²) >= 11 is 0. The number of carbonyl (C=O) groups excluding carboxylic acids is 1. The number of carbonyl (C=O) groups is 1. The van der Waals surface area contributed by atoms with Crippen LogP contribution in [-0.2, 0) is 24.3 Å². The summed E-state index contributed by atoms with van der Waals surface area (Å²) in [6, 6.07) is 2.93. The zero-order valence-electron chi connectivity index (χ0n) is 19.6. The Hall–Kier alpha value is -1.72. The summed E-state index contributed by atoms with van der Waals surface area (Å²) in [6.07, 6.45) is 0. The van der Waals surface area contributed by atoms with Crippen LogP contribution in [0.4, 0.5) is 0 Å². The Kier molecular flexibility index (Phi) is 7.82. The first-order valence-corrected chi connectivity index (χ1v) is 12.4. The van der Waals surface area contributed by atoms with Gasteiger partial charge in [0.25, 0.3) is 0 Å². The lowest BCUT2D eigenvalue weighted by atomic mass is 10.1. The van der Waals surface area contributed by atoms with Crippen LogP contribution in [0.25, 0.3) is 0 Å². The molecule has 1 amide bonds. The van der Waals surface area contributed by atoms with Gasteiger partial charge in [-0.25, -0.2) is 8.42 Å². The molecule has 180 valence electrons. The third-order valence-electron chi connectivity index (χ3n) is 5.85. The number of methoxy groups -OCH3 is 1. The van der Waals surface area contributed by atoms with Crippen LogP contribution in [0, 0.1) is 13.8 Å². The van der Waals surface area contributed by atoms with Gasteiger partial charge in [0.15, 0.2) is 0 Å². The Morgan fingerprint density at radius 1 is 1.22 bits per heavy atom. The van der Waals surface area contributed by atoms with Crippen molar-refractivity contribution < 1.29 is 27.4 Å². The molecule has 2 fully saturated rings. The van der Waals surface area contributed by atoms with E-state index in [0.29, 0.717) is 30.0 Å². The topological polar surface area (TPSA) is 97.4 Å². The molecule has 9 nitrogen and oxygen atoms in total. The van der Waals surface area contributed by atoms with Gasteiger partial charge in [0, 0.05) is 32.7 Å². The first-order valence-electron chi connectivity index (χ1n) is 10.9. The van der Waals surface area contributed by atoms with Crippen LogP contribution in [0.15, 0.2) is 17.0 Å². The Bertz CT molecular complexity index is 905. The molecular weight excluding hydrogens is 434 g/mol. The largest absolute Gasteiger partial charge is 0.497 e. The summed E-state index contributed by atoms with van der Waals surface area (Å²) in [4.78, 5) is 14.4. The number of amides is 1. The summed E-state index contributed by atoms with van der Waals surface area (Å²) in [5.41, 5.74) is 0.619. The predicted molar refractivity (Wildman–Crippen MR) is 120 cm³/mol. The van der Waals surface area contributed by atoms with Gasteiger partial charge in [-0.2, -0.15) is 4.31 Å². The molecule has 2 heterocycles. The fourth-order valence-electron chi connectivity index (χ4n) is 4.21. The van der Waals surface area contributed by atoms with Crippen LogP contribution in [0.1, 0.15) is 25.0 Å². The molecule has 2 saturated heterocycles. The first kappa shape index (κ1) is 24.9. The molecule has 1 atom stereocenters. The Morgan fingerprint density at radius 2 is 1.84 bits per heavy atom. The maximum Gasteiger partial charge on any atom is 0.248 e. The van der Waals surface area contributed by atoms with Gasteiger partial charge in [0.05, 0.1) is 36.9 Å². The van der Waals surface area contributed by atoms with Crippen molar-refractivity contribution in [3.05, 3.63) is 23.3 Å². The van der Waals surface area contributed by atoms with E-state index in [2.05, 4.69) is 5.32 Å². The zero-order valence-corrected chi connectivity index (χ0v) is 20.5. The van der Waals surface area contributed by atoms with Gasteiger partial charge in [0.1, 0.15) is 12.4 Å². The average molecular weight is 470 g/mol. The van der Waals surface area contributed by atoms with Gasteiger partial charge in [-0.05, 0) is 51.0 Å². The van der Waals surface area contributed by atoms with Gasteiger partial charge in [-0.1, -0.05) is 0 Å². The zero-order chi connectivity index (χ0) is 23.5. The maximum absolute atomic E-state index is 13.8. The quantitative estimate of drug-likeness (QED) is 0.634. The number of aryl methyl sites for hydroxylation is 2. The van der Waals surface area contributed by atoms with E-state index in [9.17, 15) is 13.2 Å². The number of morpholine rings is 1. The normalized spacial score (nSPS) is 22.0. The van der Waals surface area contributed by atoms with Crippen molar-refractivity contribution in [1.29, 1.82) is 0 Å². The van der Waals surface area contributed by atoms with E-state index in [1.54, 1.807) is 38.0 Å². The highest BCUT2D eigenvalue weighted by Gasteiger charge is 2.42. The van der Waals surface area contributed by atoms with E-state index in [-0.39, 0.29) is 37.2 Å². The molecule has 3 rings (SSSR count). The lowest BCUT2D eigenvalue weighted by Gasteiger charge is -2.43. The number of piperazine rings is 1. The standard InChI is InChI=1S/C22H35N3O6S/c1-16-10-19(29-5)11-17(2)21(16)32(27,28)25-15-22(3,4)31-13-18(25)12-30-14-20(26)24-8-6-23-7-9-24/h10-11,18,23H,6-9,12-15H2,1-5H3. The molecule has 32 heavy (non-hydrogen) atoms. The monoisotopic (exact) mass is 469 g/mol. The molecule has 0 bridgehead atoms. The van der Waals surface area contributed by atoms with E-state index in [4.69, 9.17) is 14.2 Å². The van der Waals surface area contributed by atoms with Gasteiger partial charge in [-0.3, -0.25) is 4.79 Å². The summed E-state index contributed by atoms with van der Waals surface area (Å²) in [6.45, 7) is 10.5. The second kappa shape index (κ2) is 10.0. The van der Waals surface area contributed by atoms with Gasteiger partial charge >= 0.3 is 0 Å². The van der Waals surface area contributed by atoms with Crippen LogP contribution < -0.4 is 10.1 Å². The number of rotatable bonds is 7. The van der Waals surface area contributed by atoms with Crippen LogP contribution in [0.5, 0.6) is 5.75 Å². The van der Waals surface area contributed by atoms with Crippen LogP contribution >= 0.6 is 0 Å². The van der Waals surface area contributed by atoms with Crippen molar-refractivity contribution in [2.24, 2.45) is 0 Å². The van der Waals surface area contributed by atoms with Crippen molar-refractivity contribution in [3.8, 4) is 5.75 Å². The number of nitrogens with one attached hydrogen (secondary N) is 1. The molecule has 2 aliphatic heterocycles. The number of hydrogen-bond acceptors (Lipinski definition) is 7. The molecule has 1 aromatic carbocycles. The smallest absolute Gasteiger partial charge is 0.248 e. The minimum absolute atomic E-state index is 0.0750. The molecule has 1 N–H and O–H groups in total. The number of sulfonamides is 1. The lowest BCUT2D eigenvalue weighted by molar-refractivity contribution is -0.139. The first-order chi connectivity index (χ1) is 15.0. The maximum atomic E-state index is 13.8. The van der Waals surface area contributed by atoms with E-state index in [1.165, 1.54) is 4.31 Å². The molecule has 0 saturated carbocycles. The number of nitrogens with zero attached hydrogens (tertiary/aromatic N) is 2. The molecular formula is C22H35N3O6S. The van der Waals surface area contributed by atoms with Gasteiger partial charge in [-0.15, -0.1) is 0 Å². The van der Waals surface area contributed by atoms with E-state index in [0.717, 1.165) is 13.1 Å². The third-order valence-corrected chi connectivity index (χ3v) is 8.06. The molecule has 0 aliphatic carbocycles. The van der Waals surface area contributed by atoms with Crippen LogP contribution in [-0.4, -0.2) is 94.8 Å². The Balaban J connectivity index is 1.77. The molecule has 0 aromatic heterocycles. The highest BCUT2D eigenvalue weighted by Crippen LogP contribution is 2.32. The fraction of sp³-hybridized carbons (Fsp3) is 0.682. The minimum atomic E-state index is -3.83. The molecule has 1 aromatic rings. The van der Waals surface area contributed by atoms with Crippen molar-refractivity contribution >= 4 is 15.9 Å². The second-order valence-corrected chi connectivity index (χ2v) is 10.8. The SMILES string of the molecule is COc1cc(C)c(S(=O)(=O)N2CC(C)(C)OCC2COCC(=O)N2CCNCC2)c(C)c1. The van der Waals surface area contributed by atoms with E-state index in [1.807, 2.05) is 13.8 Å². The van der Waals surface area contributed by atoms with Crippen LogP contribution in [0.2, 0.25) is 0 Å². The van der Waals surface area contributed by atoms with E-state index < -0.39 is 21.7 Å². The molecule has 1 unspecified atom stereocenters. The van der Waals surface area contributed by atoms with Crippen molar-refractivity contribution in [2.45, 2.75) is 44.2 Å². The molecule has 2 aliphatic rings. The molecule has 10 heteroatoms. The predicted octanol–water partition coefficient (Wildman–Crippen LogP) is 0.929. The summed E-state index contributed by atoms with van der Waals surface area (Å²) in [5.74, 6) is 0.535. The van der Waals surface area contributed by atoms with Crippen LogP contribution in [0.3, 0.4) is 0 Å². The summed E-state index contributed by atoms with van der Waals surface area (Å²) in [7, 11) is -2.27. The summed E-state index contributed by atoms with van der Waals surface area (Å²) < 4.78 is 45.9. The third kappa shape index (κ3) is 5.60. The second-order valence-electron chi connectivity index (χ2n) is 9.01. The lowest BCUT2D eigenvalue weighted by Crippen LogP contribution is -2.57. The molecule has 0 spiro atoms.